The molecule has 1 saturated heterocycles. The summed E-state index contributed by atoms with van der Waals surface area (Å²) in [5.74, 6) is -1.06. The number of hydrogen-bond donors (Lipinski definition) is 2. The molecule has 1 unspecified atom stereocenters. The molecule has 1 amide bonds. The van der Waals surface area contributed by atoms with Gasteiger partial charge in [-0.1, -0.05) is 0 Å². The van der Waals surface area contributed by atoms with Gasteiger partial charge in [0.15, 0.2) is 0 Å². The molecule has 1 atom stereocenters. The number of aromatic nitrogens is 1. The molecule has 0 radical (unpaired) electrons. The lowest BCUT2D eigenvalue weighted by molar-refractivity contribution is -0.137. The van der Waals surface area contributed by atoms with Crippen LogP contribution in [0.1, 0.15) is 29.6 Å². The van der Waals surface area contributed by atoms with Crippen LogP contribution in [0.3, 0.4) is 0 Å². The molecule has 0 saturated carbocycles. The lowest BCUT2D eigenvalue weighted by Gasteiger charge is -2.24. The number of amides is 1. The van der Waals surface area contributed by atoms with Gasteiger partial charge in [-0.2, -0.15) is 0 Å². The first-order chi connectivity index (χ1) is 9.16. The number of carbonyl (C=O) groups excluding carboxylic acids is 1. The second-order valence-electron chi connectivity index (χ2n) is 4.63. The summed E-state index contributed by atoms with van der Waals surface area (Å²) in [7, 11) is 0. The molecule has 2 rings (SSSR count). The molecule has 0 spiro atoms. The van der Waals surface area contributed by atoms with Crippen molar-refractivity contribution in [2.45, 2.75) is 25.4 Å². The van der Waals surface area contributed by atoms with Crippen LogP contribution in [0.2, 0.25) is 0 Å². The van der Waals surface area contributed by atoms with Crippen molar-refractivity contribution in [3.05, 3.63) is 24.0 Å². The second kappa shape index (κ2) is 6.38. The van der Waals surface area contributed by atoms with Crippen LogP contribution in [0.25, 0.3) is 0 Å². The number of ether oxygens (including phenoxy) is 1. The average Bonchev–Trinajstić information content (AvgIpc) is 3.06. The summed E-state index contributed by atoms with van der Waals surface area (Å²) in [6.07, 6.45) is 5.18. The Kier molecular flexibility index (Phi) is 4.57. The van der Waals surface area contributed by atoms with Gasteiger partial charge in [-0.3, -0.25) is 9.59 Å². The van der Waals surface area contributed by atoms with E-state index < -0.39 is 5.97 Å². The van der Waals surface area contributed by atoms with E-state index in [1.807, 2.05) is 0 Å². The van der Waals surface area contributed by atoms with Gasteiger partial charge in [-0.05, 0) is 18.9 Å². The fraction of sp³-hybridized carbons (Fsp3) is 0.538. The maximum Gasteiger partial charge on any atom is 0.305 e. The number of aromatic amines is 1. The van der Waals surface area contributed by atoms with Gasteiger partial charge in [0.1, 0.15) is 0 Å². The summed E-state index contributed by atoms with van der Waals surface area (Å²) in [6.45, 7) is 1.38. The maximum absolute atomic E-state index is 12.3. The van der Waals surface area contributed by atoms with Crippen LogP contribution in [0, 0.1) is 0 Å². The molecule has 2 N–H and O–H groups in total. The summed E-state index contributed by atoms with van der Waals surface area (Å²) >= 11 is 0. The van der Waals surface area contributed by atoms with E-state index in [2.05, 4.69) is 4.98 Å². The Labute approximate surface area is 111 Å². The lowest BCUT2D eigenvalue weighted by atomic mass is 10.2. The van der Waals surface area contributed by atoms with Crippen LogP contribution in [0.15, 0.2) is 18.5 Å². The largest absolute Gasteiger partial charge is 0.481 e. The molecule has 0 aliphatic carbocycles. The van der Waals surface area contributed by atoms with Crippen molar-refractivity contribution < 1.29 is 19.4 Å². The van der Waals surface area contributed by atoms with Gasteiger partial charge in [0.05, 0.1) is 18.1 Å². The third-order valence-corrected chi connectivity index (χ3v) is 3.18. The minimum absolute atomic E-state index is 0.0247. The van der Waals surface area contributed by atoms with E-state index in [4.69, 9.17) is 9.84 Å². The van der Waals surface area contributed by atoms with Gasteiger partial charge in [-0.25, -0.2) is 0 Å². The zero-order valence-electron chi connectivity index (χ0n) is 10.7. The molecule has 6 nitrogen and oxygen atoms in total. The van der Waals surface area contributed by atoms with Gasteiger partial charge < -0.3 is 19.7 Å². The van der Waals surface area contributed by atoms with E-state index in [1.54, 1.807) is 23.4 Å². The highest BCUT2D eigenvalue weighted by Gasteiger charge is 2.23. The number of aliphatic carboxylic acids is 1. The van der Waals surface area contributed by atoms with Gasteiger partial charge >= 0.3 is 5.97 Å². The average molecular weight is 266 g/mol. The highest BCUT2D eigenvalue weighted by atomic mass is 16.5. The fourth-order valence-electron chi connectivity index (χ4n) is 2.18. The predicted molar refractivity (Wildman–Crippen MR) is 67.9 cm³/mol. The second-order valence-corrected chi connectivity index (χ2v) is 4.63. The van der Waals surface area contributed by atoms with Crippen molar-refractivity contribution in [3.63, 3.8) is 0 Å². The molecule has 0 bridgehead atoms. The molecular weight excluding hydrogens is 248 g/mol. The Morgan fingerprint density at radius 3 is 2.95 bits per heavy atom. The van der Waals surface area contributed by atoms with E-state index in [9.17, 15) is 9.59 Å². The third-order valence-electron chi connectivity index (χ3n) is 3.18. The van der Waals surface area contributed by atoms with Crippen LogP contribution in [-0.2, 0) is 9.53 Å². The zero-order valence-corrected chi connectivity index (χ0v) is 10.7. The van der Waals surface area contributed by atoms with E-state index in [0.29, 0.717) is 12.1 Å². The van der Waals surface area contributed by atoms with Gasteiger partial charge in [0, 0.05) is 32.1 Å². The fourth-order valence-corrected chi connectivity index (χ4v) is 2.18. The molecule has 1 aliphatic rings. The third kappa shape index (κ3) is 3.82. The molecule has 6 heteroatoms. The van der Waals surface area contributed by atoms with Gasteiger partial charge in [0.2, 0.25) is 0 Å². The normalized spacial score (nSPS) is 18.4. The van der Waals surface area contributed by atoms with Crippen molar-refractivity contribution in [1.82, 2.24) is 9.88 Å². The predicted octanol–water partition coefficient (Wildman–Crippen LogP) is 1.11. The molecule has 19 heavy (non-hydrogen) atoms. The van der Waals surface area contributed by atoms with Crippen molar-refractivity contribution in [2.24, 2.45) is 0 Å². The van der Waals surface area contributed by atoms with Crippen molar-refractivity contribution in [1.29, 1.82) is 0 Å². The number of carboxylic acids is 1. The Morgan fingerprint density at radius 2 is 2.37 bits per heavy atom. The van der Waals surface area contributed by atoms with E-state index in [1.165, 1.54) is 0 Å². The molecule has 1 aromatic heterocycles. The number of rotatable bonds is 6. The molecule has 2 heterocycles. The standard InChI is InChI=1S/C13H18N2O4/c16-12(17)4-6-15(9-11-2-1-7-19-11)13(18)10-3-5-14-8-10/h3,5,8,11,14H,1-2,4,6-7,9H2,(H,16,17). The lowest BCUT2D eigenvalue weighted by Crippen LogP contribution is -2.38. The number of carboxylic acid groups (broad SMARTS) is 1. The Bertz CT molecular complexity index is 424. The number of hydrogen-bond acceptors (Lipinski definition) is 3. The molecule has 1 aromatic rings. The van der Waals surface area contributed by atoms with E-state index in [-0.39, 0.29) is 25.0 Å². The summed E-state index contributed by atoms with van der Waals surface area (Å²) in [6, 6.07) is 1.69. The SMILES string of the molecule is O=C(O)CCN(CC1CCCO1)C(=O)c1cc[nH]c1. The molecule has 1 fully saturated rings. The topological polar surface area (TPSA) is 82.6 Å². The van der Waals surface area contributed by atoms with E-state index >= 15 is 0 Å². The summed E-state index contributed by atoms with van der Waals surface area (Å²) in [5, 5.41) is 8.76. The van der Waals surface area contributed by atoms with Gasteiger partial charge in [0.25, 0.3) is 5.91 Å². The van der Waals surface area contributed by atoms with Crippen LogP contribution >= 0.6 is 0 Å². The smallest absolute Gasteiger partial charge is 0.305 e. The summed E-state index contributed by atoms with van der Waals surface area (Å²) < 4.78 is 5.51. The monoisotopic (exact) mass is 266 g/mol. The summed E-state index contributed by atoms with van der Waals surface area (Å²) in [5.41, 5.74) is 0.545. The number of carbonyl (C=O) groups is 2. The van der Waals surface area contributed by atoms with E-state index in [0.717, 1.165) is 19.4 Å². The van der Waals surface area contributed by atoms with Crippen molar-refractivity contribution in [3.8, 4) is 0 Å². The minimum Gasteiger partial charge on any atom is -0.481 e. The molecule has 104 valence electrons. The van der Waals surface area contributed by atoms with Crippen molar-refractivity contribution >= 4 is 11.9 Å². The Hall–Kier alpha value is -1.82. The number of H-pyrrole nitrogens is 1. The zero-order chi connectivity index (χ0) is 13.7. The Balaban J connectivity index is 1.99. The highest BCUT2D eigenvalue weighted by molar-refractivity contribution is 5.94. The highest BCUT2D eigenvalue weighted by Crippen LogP contribution is 2.15. The van der Waals surface area contributed by atoms with Crippen LogP contribution in [0.5, 0.6) is 0 Å². The number of nitrogens with zero attached hydrogens (tertiary/aromatic N) is 1. The van der Waals surface area contributed by atoms with Gasteiger partial charge in [-0.15, -0.1) is 0 Å². The summed E-state index contributed by atoms with van der Waals surface area (Å²) in [4.78, 5) is 27.3. The molecule has 1 aliphatic heterocycles. The molecule has 0 aromatic carbocycles. The minimum atomic E-state index is -0.904. The first-order valence-corrected chi connectivity index (χ1v) is 6.42. The first-order valence-electron chi connectivity index (χ1n) is 6.42. The first kappa shape index (κ1) is 13.6. The maximum atomic E-state index is 12.3. The van der Waals surface area contributed by atoms with Crippen LogP contribution in [-0.4, -0.2) is 52.7 Å². The van der Waals surface area contributed by atoms with Crippen LogP contribution in [0.4, 0.5) is 0 Å². The Morgan fingerprint density at radius 1 is 1.53 bits per heavy atom. The van der Waals surface area contributed by atoms with Crippen LogP contribution < -0.4 is 0 Å². The quantitative estimate of drug-likeness (QED) is 0.808. The number of nitrogens with one attached hydrogen (secondary N) is 1. The molecular formula is C13H18N2O4. The van der Waals surface area contributed by atoms with Crippen molar-refractivity contribution in [2.75, 3.05) is 19.7 Å².